The number of carbonyl (C=O) groups is 1. The molecule has 3 rings (SSSR count). The molecule has 0 heterocycles. The first-order valence-electron chi connectivity index (χ1n) is 7.69. The third-order valence-corrected chi connectivity index (χ3v) is 4.85. The third kappa shape index (κ3) is 2.88. The Labute approximate surface area is 120 Å². The van der Waals surface area contributed by atoms with Gasteiger partial charge in [-0.25, -0.2) is 0 Å². The lowest BCUT2D eigenvalue weighted by Gasteiger charge is -2.42. The fourth-order valence-electron chi connectivity index (χ4n) is 3.92. The molecule has 1 aromatic rings. The largest absolute Gasteiger partial charge is 0.426 e. The summed E-state index contributed by atoms with van der Waals surface area (Å²) in [6.45, 7) is 0. The molecule has 2 aliphatic carbocycles. The highest BCUT2D eigenvalue weighted by Crippen LogP contribution is 2.44. The van der Waals surface area contributed by atoms with Crippen LogP contribution in [0.3, 0.4) is 0 Å². The Morgan fingerprint density at radius 1 is 1.10 bits per heavy atom. The number of esters is 1. The van der Waals surface area contributed by atoms with E-state index in [1.165, 1.54) is 12.8 Å². The second-order valence-electron chi connectivity index (χ2n) is 6.17. The van der Waals surface area contributed by atoms with Crippen molar-refractivity contribution in [2.24, 2.45) is 17.8 Å². The molecule has 1 N–H and O–H groups in total. The molecule has 3 heteroatoms. The van der Waals surface area contributed by atoms with Gasteiger partial charge in [-0.2, -0.15) is 0 Å². The van der Waals surface area contributed by atoms with Gasteiger partial charge in [0, 0.05) is 0 Å². The molecule has 4 unspecified atom stereocenters. The van der Waals surface area contributed by atoms with Crippen LogP contribution >= 0.6 is 0 Å². The fourth-order valence-corrected chi connectivity index (χ4v) is 3.92. The summed E-state index contributed by atoms with van der Waals surface area (Å²) in [5, 5.41) is 10.0. The SMILES string of the molecule is O=C(Oc1ccccc1)C1CC(O)CC2CCCCC21. The molecule has 2 aliphatic rings. The van der Waals surface area contributed by atoms with E-state index in [-0.39, 0.29) is 18.0 Å². The second-order valence-corrected chi connectivity index (χ2v) is 6.17. The first-order valence-corrected chi connectivity index (χ1v) is 7.69. The van der Waals surface area contributed by atoms with E-state index < -0.39 is 0 Å². The summed E-state index contributed by atoms with van der Waals surface area (Å²) in [6.07, 6.45) is 5.76. The van der Waals surface area contributed by atoms with E-state index in [2.05, 4.69) is 0 Å². The van der Waals surface area contributed by atoms with Gasteiger partial charge >= 0.3 is 5.97 Å². The van der Waals surface area contributed by atoms with E-state index in [0.717, 1.165) is 19.3 Å². The summed E-state index contributed by atoms with van der Waals surface area (Å²) in [6, 6.07) is 9.23. The van der Waals surface area contributed by atoms with Crippen molar-refractivity contribution in [3.63, 3.8) is 0 Å². The zero-order valence-corrected chi connectivity index (χ0v) is 11.7. The average Bonchev–Trinajstić information content (AvgIpc) is 2.47. The molecular weight excluding hydrogens is 252 g/mol. The third-order valence-electron chi connectivity index (χ3n) is 4.85. The zero-order valence-electron chi connectivity index (χ0n) is 11.7. The molecule has 0 amide bonds. The van der Waals surface area contributed by atoms with E-state index in [4.69, 9.17) is 4.74 Å². The molecule has 2 saturated carbocycles. The van der Waals surface area contributed by atoms with Gasteiger partial charge in [0.15, 0.2) is 0 Å². The smallest absolute Gasteiger partial charge is 0.314 e. The van der Waals surface area contributed by atoms with Crippen LogP contribution in [0.5, 0.6) is 5.75 Å². The normalized spacial score (nSPS) is 33.2. The van der Waals surface area contributed by atoms with Gasteiger partial charge in [0.2, 0.25) is 0 Å². The fraction of sp³-hybridized carbons (Fsp3) is 0.588. The number of hydrogen-bond donors (Lipinski definition) is 1. The molecule has 2 fully saturated rings. The van der Waals surface area contributed by atoms with E-state index in [0.29, 0.717) is 24.0 Å². The van der Waals surface area contributed by atoms with Gasteiger partial charge in [-0.3, -0.25) is 4.79 Å². The number of ether oxygens (including phenoxy) is 1. The standard InChI is InChI=1S/C17H22O3/c18-13-10-12-6-4-5-9-15(12)16(11-13)17(19)20-14-7-2-1-3-8-14/h1-3,7-8,12-13,15-16,18H,4-6,9-11H2. The van der Waals surface area contributed by atoms with Crippen LogP contribution in [0.4, 0.5) is 0 Å². The Hall–Kier alpha value is -1.35. The number of para-hydroxylation sites is 1. The van der Waals surface area contributed by atoms with Gasteiger partial charge in [-0.1, -0.05) is 37.5 Å². The van der Waals surface area contributed by atoms with E-state index in [9.17, 15) is 9.90 Å². The maximum atomic E-state index is 12.4. The molecule has 0 spiro atoms. The van der Waals surface area contributed by atoms with Crippen molar-refractivity contribution in [2.75, 3.05) is 0 Å². The molecule has 0 radical (unpaired) electrons. The van der Waals surface area contributed by atoms with Gasteiger partial charge in [0.1, 0.15) is 5.75 Å². The van der Waals surface area contributed by atoms with Crippen molar-refractivity contribution in [3.8, 4) is 5.75 Å². The lowest BCUT2D eigenvalue weighted by molar-refractivity contribution is -0.146. The Balaban J connectivity index is 1.71. The predicted molar refractivity (Wildman–Crippen MR) is 76.3 cm³/mol. The lowest BCUT2D eigenvalue weighted by atomic mass is 9.64. The molecule has 0 aliphatic heterocycles. The molecule has 3 nitrogen and oxygen atoms in total. The molecular formula is C17H22O3. The summed E-state index contributed by atoms with van der Waals surface area (Å²) < 4.78 is 5.50. The second kappa shape index (κ2) is 5.96. The predicted octanol–water partition coefficient (Wildman–Crippen LogP) is 3.17. The maximum absolute atomic E-state index is 12.4. The Morgan fingerprint density at radius 3 is 2.65 bits per heavy atom. The van der Waals surface area contributed by atoms with Crippen molar-refractivity contribution in [3.05, 3.63) is 30.3 Å². The monoisotopic (exact) mass is 274 g/mol. The summed E-state index contributed by atoms with van der Waals surface area (Å²) in [5.41, 5.74) is 0. The summed E-state index contributed by atoms with van der Waals surface area (Å²) in [7, 11) is 0. The highest BCUT2D eigenvalue weighted by Gasteiger charge is 2.42. The highest BCUT2D eigenvalue weighted by atomic mass is 16.5. The number of aliphatic hydroxyl groups excluding tert-OH is 1. The van der Waals surface area contributed by atoms with Gasteiger partial charge in [-0.05, 0) is 43.2 Å². The Kier molecular flexibility index (Phi) is 4.06. The van der Waals surface area contributed by atoms with Gasteiger partial charge in [0.05, 0.1) is 12.0 Å². The van der Waals surface area contributed by atoms with E-state index in [1.807, 2.05) is 18.2 Å². The summed E-state index contributed by atoms with van der Waals surface area (Å²) in [4.78, 5) is 12.4. The minimum absolute atomic E-state index is 0.135. The van der Waals surface area contributed by atoms with Crippen LogP contribution in [-0.4, -0.2) is 17.2 Å². The molecule has 20 heavy (non-hydrogen) atoms. The molecule has 108 valence electrons. The number of rotatable bonds is 2. The average molecular weight is 274 g/mol. The van der Waals surface area contributed by atoms with Gasteiger partial charge in [-0.15, -0.1) is 0 Å². The highest BCUT2D eigenvalue weighted by molar-refractivity contribution is 5.75. The first-order chi connectivity index (χ1) is 9.74. The molecule has 0 aromatic heterocycles. The van der Waals surface area contributed by atoms with Gasteiger partial charge < -0.3 is 9.84 Å². The van der Waals surface area contributed by atoms with E-state index in [1.54, 1.807) is 12.1 Å². The molecule has 0 saturated heterocycles. The van der Waals surface area contributed by atoms with Crippen molar-refractivity contribution in [1.82, 2.24) is 0 Å². The molecule has 0 bridgehead atoms. The number of fused-ring (bicyclic) bond motifs is 1. The van der Waals surface area contributed by atoms with Crippen molar-refractivity contribution in [2.45, 2.75) is 44.6 Å². The van der Waals surface area contributed by atoms with Crippen LogP contribution in [0.15, 0.2) is 30.3 Å². The van der Waals surface area contributed by atoms with E-state index >= 15 is 0 Å². The Bertz CT molecular complexity index is 457. The number of carbonyl (C=O) groups excluding carboxylic acids is 1. The van der Waals surface area contributed by atoms with Crippen LogP contribution in [-0.2, 0) is 4.79 Å². The number of aliphatic hydroxyl groups is 1. The minimum Gasteiger partial charge on any atom is -0.426 e. The lowest BCUT2D eigenvalue weighted by Crippen LogP contribution is -2.42. The zero-order chi connectivity index (χ0) is 13.9. The first kappa shape index (κ1) is 13.6. The van der Waals surface area contributed by atoms with Crippen molar-refractivity contribution < 1.29 is 14.6 Å². The van der Waals surface area contributed by atoms with Crippen LogP contribution in [0.1, 0.15) is 38.5 Å². The number of benzene rings is 1. The van der Waals surface area contributed by atoms with Crippen LogP contribution in [0.2, 0.25) is 0 Å². The van der Waals surface area contributed by atoms with Crippen LogP contribution in [0.25, 0.3) is 0 Å². The molecule has 1 aromatic carbocycles. The van der Waals surface area contributed by atoms with Crippen molar-refractivity contribution >= 4 is 5.97 Å². The van der Waals surface area contributed by atoms with Gasteiger partial charge in [0.25, 0.3) is 0 Å². The summed E-state index contributed by atoms with van der Waals surface area (Å²) >= 11 is 0. The summed E-state index contributed by atoms with van der Waals surface area (Å²) in [5.74, 6) is 1.21. The quantitative estimate of drug-likeness (QED) is 0.665. The number of hydrogen-bond acceptors (Lipinski definition) is 3. The Morgan fingerprint density at radius 2 is 1.85 bits per heavy atom. The van der Waals surface area contributed by atoms with Crippen molar-refractivity contribution in [1.29, 1.82) is 0 Å². The van der Waals surface area contributed by atoms with Crippen LogP contribution < -0.4 is 4.74 Å². The minimum atomic E-state index is -0.345. The topological polar surface area (TPSA) is 46.5 Å². The maximum Gasteiger partial charge on any atom is 0.314 e. The molecule has 4 atom stereocenters. The van der Waals surface area contributed by atoms with Crippen LogP contribution in [0, 0.1) is 17.8 Å².